The number of hydrogen-bond donors (Lipinski definition) is 1. The van der Waals surface area contributed by atoms with Gasteiger partial charge < -0.3 is 5.11 Å². The van der Waals surface area contributed by atoms with Gasteiger partial charge in [-0.15, -0.1) is 5.10 Å². The highest BCUT2D eigenvalue weighted by Crippen LogP contribution is 2.26. The third kappa shape index (κ3) is 2.32. The molecule has 0 spiro atoms. The fraction of sp³-hybridized carbons (Fsp3) is 0.182. The summed E-state index contributed by atoms with van der Waals surface area (Å²) in [6, 6.07) is 5.26. The molecule has 2 rings (SSSR count). The molecular formula is C11H9Cl2N3O2. The highest BCUT2D eigenvalue weighted by atomic mass is 35.5. The standard InChI is InChI=1S/C11H9Cl2N3O2/c1-6-10(11(17)18)14-15-16(6)5-7-3-2-4-8(12)9(7)13/h2-4H,5H2,1H3,(H,17,18). The molecule has 0 unspecified atom stereocenters. The van der Waals surface area contributed by atoms with Gasteiger partial charge >= 0.3 is 5.97 Å². The van der Waals surface area contributed by atoms with Crippen molar-refractivity contribution < 1.29 is 9.90 Å². The smallest absolute Gasteiger partial charge is 0.358 e. The summed E-state index contributed by atoms with van der Waals surface area (Å²) in [5, 5.41) is 17.2. The number of carboxylic acid groups (broad SMARTS) is 1. The Bertz CT molecular complexity index is 610. The molecular weight excluding hydrogens is 277 g/mol. The summed E-state index contributed by atoms with van der Waals surface area (Å²) < 4.78 is 1.47. The largest absolute Gasteiger partial charge is 0.476 e. The van der Waals surface area contributed by atoms with Gasteiger partial charge in [0.1, 0.15) is 0 Å². The molecule has 1 aromatic carbocycles. The van der Waals surface area contributed by atoms with Crippen LogP contribution in [-0.2, 0) is 6.54 Å². The molecule has 0 fully saturated rings. The molecule has 0 aliphatic heterocycles. The van der Waals surface area contributed by atoms with E-state index >= 15 is 0 Å². The van der Waals surface area contributed by atoms with Crippen molar-refractivity contribution in [3.05, 3.63) is 45.2 Å². The highest BCUT2D eigenvalue weighted by molar-refractivity contribution is 6.42. The number of aromatic carboxylic acids is 1. The average Bonchev–Trinajstić information content (AvgIpc) is 2.67. The first-order valence-electron chi connectivity index (χ1n) is 5.07. The molecule has 0 amide bonds. The van der Waals surface area contributed by atoms with Crippen LogP contribution in [-0.4, -0.2) is 26.1 Å². The van der Waals surface area contributed by atoms with Crippen molar-refractivity contribution in [2.24, 2.45) is 0 Å². The van der Waals surface area contributed by atoms with E-state index in [1.807, 2.05) is 0 Å². The monoisotopic (exact) mass is 285 g/mol. The zero-order chi connectivity index (χ0) is 13.3. The number of rotatable bonds is 3. The Morgan fingerprint density at radius 1 is 1.44 bits per heavy atom. The minimum absolute atomic E-state index is 0.0619. The molecule has 0 aliphatic rings. The Morgan fingerprint density at radius 3 is 2.78 bits per heavy atom. The number of hydrogen-bond acceptors (Lipinski definition) is 3. The number of aromatic nitrogens is 3. The van der Waals surface area contributed by atoms with Crippen LogP contribution >= 0.6 is 23.2 Å². The predicted molar refractivity (Wildman–Crippen MR) is 67.3 cm³/mol. The van der Waals surface area contributed by atoms with Crippen LogP contribution in [0.2, 0.25) is 10.0 Å². The van der Waals surface area contributed by atoms with E-state index in [9.17, 15) is 4.79 Å². The maximum absolute atomic E-state index is 10.8. The van der Waals surface area contributed by atoms with Gasteiger partial charge in [-0.1, -0.05) is 40.5 Å². The summed E-state index contributed by atoms with van der Waals surface area (Å²) in [6.45, 7) is 1.97. The SMILES string of the molecule is Cc1c(C(=O)O)nnn1Cc1cccc(Cl)c1Cl. The fourth-order valence-electron chi connectivity index (χ4n) is 1.54. The van der Waals surface area contributed by atoms with Crippen molar-refractivity contribution >= 4 is 29.2 Å². The lowest BCUT2D eigenvalue weighted by Gasteiger charge is -2.06. The molecule has 5 nitrogen and oxygen atoms in total. The number of carboxylic acids is 1. The van der Waals surface area contributed by atoms with Crippen molar-refractivity contribution in [3.8, 4) is 0 Å². The molecule has 0 saturated heterocycles. The van der Waals surface area contributed by atoms with E-state index in [1.54, 1.807) is 25.1 Å². The van der Waals surface area contributed by atoms with Crippen LogP contribution in [0.15, 0.2) is 18.2 Å². The van der Waals surface area contributed by atoms with E-state index in [1.165, 1.54) is 4.68 Å². The van der Waals surface area contributed by atoms with Gasteiger partial charge in [0.05, 0.1) is 22.3 Å². The van der Waals surface area contributed by atoms with Crippen molar-refractivity contribution in [3.63, 3.8) is 0 Å². The predicted octanol–water partition coefficient (Wildman–Crippen LogP) is 2.64. The van der Waals surface area contributed by atoms with Crippen LogP contribution in [0.3, 0.4) is 0 Å². The second-order valence-corrected chi connectivity index (χ2v) is 4.48. The first-order valence-corrected chi connectivity index (χ1v) is 5.82. The summed E-state index contributed by atoms with van der Waals surface area (Å²) in [7, 11) is 0. The third-order valence-corrected chi connectivity index (χ3v) is 3.39. The molecule has 1 N–H and O–H groups in total. The van der Waals surface area contributed by atoms with E-state index in [0.29, 0.717) is 22.3 Å². The molecule has 0 saturated carbocycles. The summed E-state index contributed by atoms with van der Waals surface area (Å²) in [5.41, 5.74) is 1.17. The van der Waals surface area contributed by atoms with Crippen LogP contribution in [0.25, 0.3) is 0 Å². The van der Waals surface area contributed by atoms with E-state index < -0.39 is 5.97 Å². The van der Waals surface area contributed by atoms with Gasteiger partial charge in [0.2, 0.25) is 0 Å². The lowest BCUT2D eigenvalue weighted by atomic mass is 10.2. The van der Waals surface area contributed by atoms with Crippen LogP contribution in [0.1, 0.15) is 21.7 Å². The van der Waals surface area contributed by atoms with Gasteiger partial charge in [0.25, 0.3) is 0 Å². The molecule has 1 heterocycles. The van der Waals surface area contributed by atoms with Crippen molar-refractivity contribution in [2.75, 3.05) is 0 Å². The van der Waals surface area contributed by atoms with Crippen molar-refractivity contribution in [1.29, 1.82) is 0 Å². The molecule has 18 heavy (non-hydrogen) atoms. The summed E-state index contributed by atoms with van der Waals surface area (Å²) in [4.78, 5) is 10.8. The zero-order valence-electron chi connectivity index (χ0n) is 9.39. The molecule has 94 valence electrons. The van der Waals surface area contributed by atoms with Crippen LogP contribution < -0.4 is 0 Å². The summed E-state index contributed by atoms with van der Waals surface area (Å²) in [6.07, 6.45) is 0. The second-order valence-electron chi connectivity index (χ2n) is 3.70. The maximum atomic E-state index is 10.8. The first kappa shape index (κ1) is 12.9. The topological polar surface area (TPSA) is 68.0 Å². The Kier molecular flexibility index (Phi) is 3.54. The number of carbonyl (C=O) groups is 1. The van der Waals surface area contributed by atoms with Crippen LogP contribution in [0.5, 0.6) is 0 Å². The Hall–Kier alpha value is -1.59. The molecule has 1 aromatic heterocycles. The Labute approximate surface area is 113 Å². The quantitative estimate of drug-likeness (QED) is 0.941. The number of halogens is 2. The summed E-state index contributed by atoms with van der Waals surface area (Å²) >= 11 is 12.0. The first-order chi connectivity index (χ1) is 8.50. The summed E-state index contributed by atoms with van der Waals surface area (Å²) in [5.74, 6) is -1.10. The maximum Gasteiger partial charge on any atom is 0.358 e. The molecule has 0 bridgehead atoms. The van der Waals surface area contributed by atoms with E-state index in [4.69, 9.17) is 28.3 Å². The van der Waals surface area contributed by atoms with Gasteiger partial charge in [-0.2, -0.15) is 0 Å². The highest BCUT2D eigenvalue weighted by Gasteiger charge is 2.16. The third-order valence-electron chi connectivity index (χ3n) is 2.54. The molecule has 7 heteroatoms. The molecule has 0 radical (unpaired) electrons. The van der Waals surface area contributed by atoms with E-state index in [2.05, 4.69) is 10.3 Å². The molecule has 0 aliphatic carbocycles. The van der Waals surface area contributed by atoms with Gasteiger partial charge in [-0.25, -0.2) is 9.48 Å². The number of nitrogens with zero attached hydrogens (tertiary/aromatic N) is 3. The van der Waals surface area contributed by atoms with E-state index in [0.717, 1.165) is 5.56 Å². The van der Waals surface area contributed by atoms with Gasteiger partial charge in [0, 0.05) is 0 Å². The average molecular weight is 286 g/mol. The van der Waals surface area contributed by atoms with Gasteiger partial charge in [-0.3, -0.25) is 0 Å². The normalized spacial score (nSPS) is 10.6. The van der Waals surface area contributed by atoms with E-state index in [-0.39, 0.29) is 5.69 Å². The van der Waals surface area contributed by atoms with Crippen molar-refractivity contribution in [2.45, 2.75) is 13.5 Å². The van der Waals surface area contributed by atoms with Crippen LogP contribution in [0, 0.1) is 6.92 Å². The second kappa shape index (κ2) is 4.96. The lowest BCUT2D eigenvalue weighted by Crippen LogP contribution is -2.06. The Balaban J connectivity index is 2.35. The van der Waals surface area contributed by atoms with Gasteiger partial charge in [0.15, 0.2) is 5.69 Å². The lowest BCUT2D eigenvalue weighted by molar-refractivity contribution is 0.0689. The number of benzene rings is 1. The Morgan fingerprint density at radius 2 is 2.17 bits per heavy atom. The molecule has 2 aromatic rings. The minimum Gasteiger partial charge on any atom is -0.476 e. The van der Waals surface area contributed by atoms with Gasteiger partial charge in [-0.05, 0) is 18.6 Å². The fourth-order valence-corrected chi connectivity index (χ4v) is 1.92. The van der Waals surface area contributed by atoms with Crippen LogP contribution in [0.4, 0.5) is 0 Å². The van der Waals surface area contributed by atoms with Crippen molar-refractivity contribution in [1.82, 2.24) is 15.0 Å². The minimum atomic E-state index is -1.10. The molecule has 0 atom stereocenters. The zero-order valence-corrected chi connectivity index (χ0v) is 10.9.